The summed E-state index contributed by atoms with van der Waals surface area (Å²) in [6.45, 7) is 3.55. The molecular weight excluding hydrogens is 306 g/mol. The molecule has 2 aromatic rings. The lowest BCUT2D eigenvalue weighted by molar-refractivity contribution is 0.0250. The van der Waals surface area contributed by atoms with Gasteiger partial charge in [-0.1, -0.05) is 18.2 Å². The number of nitrogens with zero attached hydrogens (tertiary/aromatic N) is 1. The van der Waals surface area contributed by atoms with E-state index in [0.29, 0.717) is 24.7 Å². The Balaban J connectivity index is 1.66. The van der Waals surface area contributed by atoms with Crippen LogP contribution in [-0.2, 0) is 11.3 Å². The van der Waals surface area contributed by atoms with Crippen molar-refractivity contribution in [1.29, 1.82) is 0 Å². The van der Waals surface area contributed by atoms with Gasteiger partial charge in [0.2, 0.25) is 0 Å². The largest absolute Gasteiger partial charge is 0.486 e. The maximum absolute atomic E-state index is 12.7. The summed E-state index contributed by atoms with van der Waals surface area (Å²) in [5.74, 6) is 1.76. The number of benzene rings is 1. The van der Waals surface area contributed by atoms with Crippen molar-refractivity contribution in [2.24, 2.45) is 0 Å². The number of carbonyl (C=O) groups excluding carboxylic acids is 1. The topological polar surface area (TPSA) is 51.9 Å². The number of amides is 1. The molecule has 128 valence electrons. The molecular formula is C19H23NO4. The van der Waals surface area contributed by atoms with Crippen LogP contribution in [0.25, 0.3) is 0 Å². The maximum atomic E-state index is 12.7. The van der Waals surface area contributed by atoms with Gasteiger partial charge in [0.1, 0.15) is 18.1 Å². The van der Waals surface area contributed by atoms with E-state index in [4.69, 9.17) is 13.9 Å². The number of piperidine rings is 1. The van der Waals surface area contributed by atoms with Gasteiger partial charge in [-0.15, -0.1) is 0 Å². The Morgan fingerprint density at radius 2 is 2.12 bits per heavy atom. The van der Waals surface area contributed by atoms with Gasteiger partial charge in [0.15, 0.2) is 5.76 Å². The number of rotatable bonds is 5. The molecule has 1 atom stereocenters. The molecule has 0 aliphatic carbocycles. The second kappa shape index (κ2) is 7.53. The highest BCUT2D eigenvalue weighted by Crippen LogP contribution is 2.21. The minimum Gasteiger partial charge on any atom is -0.486 e. The molecule has 24 heavy (non-hydrogen) atoms. The zero-order chi connectivity index (χ0) is 16.9. The molecule has 1 aliphatic heterocycles. The third-order valence-electron chi connectivity index (χ3n) is 4.29. The van der Waals surface area contributed by atoms with Crippen LogP contribution in [0.4, 0.5) is 0 Å². The minimum absolute atomic E-state index is 0.0692. The molecule has 5 heteroatoms. The average Bonchev–Trinajstić information content (AvgIpc) is 3.01. The van der Waals surface area contributed by atoms with E-state index < -0.39 is 0 Å². The summed E-state index contributed by atoms with van der Waals surface area (Å²) >= 11 is 0. The number of hydrogen-bond acceptors (Lipinski definition) is 4. The molecule has 2 heterocycles. The lowest BCUT2D eigenvalue weighted by atomic mass is 10.1. The van der Waals surface area contributed by atoms with Gasteiger partial charge in [-0.05, 0) is 38.0 Å². The van der Waals surface area contributed by atoms with Gasteiger partial charge in [-0.2, -0.15) is 0 Å². The molecule has 0 spiro atoms. The molecule has 1 aromatic carbocycles. The summed E-state index contributed by atoms with van der Waals surface area (Å²) in [4.78, 5) is 14.5. The number of para-hydroxylation sites is 1. The van der Waals surface area contributed by atoms with Gasteiger partial charge >= 0.3 is 0 Å². The summed E-state index contributed by atoms with van der Waals surface area (Å²) in [6.07, 6.45) is 2.06. The van der Waals surface area contributed by atoms with Crippen molar-refractivity contribution >= 4 is 5.91 Å². The predicted molar refractivity (Wildman–Crippen MR) is 90.2 cm³/mol. The number of hydrogen-bond donors (Lipinski definition) is 0. The first-order chi connectivity index (χ1) is 11.7. The van der Waals surface area contributed by atoms with Crippen LogP contribution in [0.15, 0.2) is 40.8 Å². The second-order valence-corrected chi connectivity index (χ2v) is 6.08. The number of aryl methyl sites for hydroxylation is 1. The van der Waals surface area contributed by atoms with Gasteiger partial charge in [-0.25, -0.2) is 0 Å². The van der Waals surface area contributed by atoms with Crippen LogP contribution in [0.2, 0.25) is 0 Å². The predicted octanol–water partition coefficient (Wildman–Crippen LogP) is 3.42. The van der Waals surface area contributed by atoms with Crippen LogP contribution in [0, 0.1) is 6.92 Å². The first-order valence-electron chi connectivity index (χ1n) is 8.26. The van der Waals surface area contributed by atoms with Gasteiger partial charge < -0.3 is 18.8 Å². The third-order valence-corrected chi connectivity index (χ3v) is 4.29. The fraction of sp³-hybridized carbons (Fsp3) is 0.421. The number of likely N-dealkylation sites (tertiary alicyclic amines) is 1. The monoisotopic (exact) mass is 329 g/mol. The van der Waals surface area contributed by atoms with Crippen molar-refractivity contribution in [3.8, 4) is 5.75 Å². The van der Waals surface area contributed by atoms with Crippen LogP contribution < -0.4 is 4.74 Å². The lowest BCUT2D eigenvalue weighted by Gasteiger charge is -2.31. The van der Waals surface area contributed by atoms with E-state index in [2.05, 4.69) is 0 Å². The lowest BCUT2D eigenvalue weighted by Crippen LogP contribution is -2.42. The Kier molecular flexibility index (Phi) is 5.20. The Labute approximate surface area is 142 Å². The quantitative estimate of drug-likeness (QED) is 0.843. The molecule has 1 aliphatic rings. The zero-order valence-corrected chi connectivity index (χ0v) is 14.2. The Morgan fingerprint density at radius 1 is 1.33 bits per heavy atom. The van der Waals surface area contributed by atoms with E-state index in [1.54, 1.807) is 7.11 Å². The standard InChI is InChI=1S/C19H23NO4/c1-14-11-17(13-23-15-7-4-3-5-8-15)24-18(14)19(21)20-10-6-9-16(12-20)22-2/h3-5,7-8,11,16H,6,9-10,12-13H2,1-2H3/t16-/m1/s1. The molecule has 0 radical (unpaired) electrons. The van der Waals surface area contributed by atoms with Gasteiger partial charge in [-0.3, -0.25) is 4.79 Å². The smallest absolute Gasteiger partial charge is 0.289 e. The Bertz CT molecular complexity index is 680. The minimum atomic E-state index is -0.0692. The van der Waals surface area contributed by atoms with Crippen molar-refractivity contribution in [3.05, 3.63) is 53.5 Å². The van der Waals surface area contributed by atoms with Crippen molar-refractivity contribution in [1.82, 2.24) is 4.90 Å². The van der Waals surface area contributed by atoms with E-state index in [1.165, 1.54) is 0 Å². The second-order valence-electron chi connectivity index (χ2n) is 6.08. The first-order valence-corrected chi connectivity index (χ1v) is 8.26. The van der Waals surface area contributed by atoms with Gasteiger partial charge in [0, 0.05) is 25.8 Å². The highest BCUT2D eigenvalue weighted by Gasteiger charge is 2.27. The number of methoxy groups -OCH3 is 1. The van der Waals surface area contributed by atoms with E-state index in [-0.39, 0.29) is 12.0 Å². The Morgan fingerprint density at radius 3 is 2.88 bits per heavy atom. The Hall–Kier alpha value is -2.27. The summed E-state index contributed by atoms with van der Waals surface area (Å²) < 4.78 is 16.8. The van der Waals surface area contributed by atoms with Crippen molar-refractivity contribution in [2.75, 3.05) is 20.2 Å². The molecule has 3 rings (SSSR count). The average molecular weight is 329 g/mol. The maximum Gasteiger partial charge on any atom is 0.289 e. The molecule has 1 aromatic heterocycles. The van der Waals surface area contributed by atoms with E-state index in [9.17, 15) is 4.79 Å². The van der Waals surface area contributed by atoms with Crippen LogP contribution >= 0.6 is 0 Å². The third kappa shape index (κ3) is 3.79. The molecule has 0 unspecified atom stereocenters. The summed E-state index contributed by atoms with van der Waals surface area (Å²) in [5.41, 5.74) is 0.839. The highest BCUT2D eigenvalue weighted by molar-refractivity contribution is 5.93. The molecule has 1 fully saturated rings. The fourth-order valence-electron chi connectivity index (χ4n) is 2.96. The van der Waals surface area contributed by atoms with Crippen molar-refractivity contribution in [2.45, 2.75) is 32.5 Å². The van der Waals surface area contributed by atoms with Gasteiger partial charge in [0.25, 0.3) is 5.91 Å². The molecule has 0 N–H and O–H groups in total. The van der Waals surface area contributed by atoms with Crippen LogP contribution in [0.1, 0.15) is 34.7 Å². The SMILES string of the molecule is CO[C@@H]1CCCN(C(=O)c2oc(COc3ccccc3)cc2C)C1. The van der Waals surface area contributed by atoms with Crippen molar-refractivity contribution < 1.29 is 18.7 Å². The zero-order valence-electron chi connectivity index (χ0n) is 14.2. The van der Waals surface area contributed by atoms with E-state index >= 15 is 0 Å². The van der Waals surface area contributed by atoms with Crippen molar-refractivity contribution in [3.63, 3.8) is 0 Å². The molecule has 5 nitrogen and oxygen atoms in total. The molecule has 0 bridgehead atoms. The normalized spacial score (nSPS) is 17.8. The molecule has 1 saturated heterocycles. The van der Waals surface area contributed by atoms with Crippen LogP contribution in [0.3, 0.4) is 0 Å². The van der Waals surface area contributed by atoms with Crippen LogP contribution in [0.5, 0.6) is 5.75 Å². The number of furan rings is 1. The van der Waals surface area contributed by atoms with E-state index in [1.807, 2.05) is 48.2 Å². The number of ether oxygens (including phenoxy) is 2. The number of carbonyl (C=O) groups is 1. The van der Waals surface area contributed by atoms with Crippen LogP contribution in [-0.4, -0.2) is 37.1 Å². The molecule has 1 amide bonds. The first kappa shape index (κ1) is 16.6. The summed E-state index contributed by atoms with van der Waals surface area (Å²) in [6, 6.07) is 11.4. The highest BCUT2D eigenvalue weighted by atomic mass is 16.5. The summed E-state index contributed by atoms with van der Waals surface area (Å²) in [5, 5.41) is 0. The van der Waals surface area contributed by atoms with Gasteiger partial charge in [0.05, 0.1) is 6.10 Å². The summed E-state index contributed by atoms with van der Waals surface area (Å²) in [7, 11) is 1.69. The molecule has 0 saturated carbocycles. The fourth-order valence-corrected chi connectivity index (χ4v) is 2.96. The van der Waals surface area contributed by atoms with E-state index in [0.717, 1.165) is 30.7 Å².